The van der Waals surface area contributed by atoms with E-state index in [0.717, 1.165) is 6.92 Å². The van der Waals surface area contributed by atoms with Gasteiger partial charge in [0.15, 0.2) is 11.5 Å². The molecular formula is C16H12F4N6. The summed E-state index contributed by atoms with van der Waals surface area (Å²) in [5.41, 5.74) is 1.74. The predicted octanol–water partition coefficient (Wildman–Crippen LogP) is 3.77. The van der Waals surface area contributed by atoms with E-state index >= 15 is 0 Å². The number of pyridine rings is 1. The van der Waals surface area contributed by atoms with E-state index in [4.69, 9.17) is 0 Å². The second-order valence-electron chi connectivity index (χ2n) is 5.80. The van der Waals surface area contributed by atoms with Gasteiger partial charge in [-0.15, -0.1) is 0 Å². The number of rotatable bonds is 3. The van der Waals surface area contributed by atoms with E-state index in [-0.39, 0.29) is 11.6 Å². The third-order valence-corrected chi connectivity index (χ3v) is 4.02. The minimum Gasteiger partial charge on any atom is -0.345 e. The molecule has 0 aromatic carbocycles. The molecule has 4 heterocycles. The Kier molecular flexibility index (Phi) is 3.56. The van der Waals surface area contributed by atoms with Gasteiger partial charge < -0.3 is 14.7 Å². The third-order valence-electron chi connectivity index (χ3n) is 4.02. The van der Waals surface area contributed by atoms with E-state index in [1.807, 2.05) is 0 Å². The second kappa shape index (κ2) is 5.68. The topological polar surface area (TPSA) is 70.9 Å². The highest BCUT2D eigenvalue weighted by atomic mass is 19.4. The SMILES string of the molecule is C[C@H](Nc1ncc2c(-c3cc(F)c4nccn4c3)c[nH]c2n1)C(F)(F)F. The Morgan fingerprint density at radius 1 is 1.27 bits per heavy atom. The lowest BCUT2D eigenvalue weighted by Gasteiger charge is -2.16. The first-order chi connectivity index (χ1) is 12.3. The quantitative estimate of drug-likeness (QED) is 0.543. The van der Waals surface area contributed by atoms with E-state index in [1.54, 1.807) is 23.0 Å². The molecule has 0 spiro atoms. The van der Waals surface area contributed by atoms with Crippen molar-refractivity contribution in [2.24, 2.45) is 0 Å². The number of halogens is 4. The van der Waals surface area contributed by atoms with Crippen molar-refractivity contribution < 1.29 is 17.6 Å². The molecule has 0 radical (unpaired) electrons. The van der Waals surface area contributed by atoms with Crippen LogP contribution in [0.5, 0.6) is 0 Å². The molecule has 1 atom stereocenters. The van der Waals surface area contributed by atoms with Crippen LogP contribution >= 0.6 is 0 Å². The fraction of sp³-hybridized carbons (Fsp3) is 0.188. The van der Waals surface area contributed by atoms with Gasteiger partial charge in [0.25, 0.3) is 0 Å². The molecule has 0 amide bonds. The van der Waals surface area contributed by atoms with Crippen LogP contribution in [0.4, 0.5) is 23.5 Å². The first-order valence-electron chi connectivity index (χ1n) is 7.63. The Labute approximate surface area is 143 Å². The zero-order valence-corrected chi connectivity index (χ0v) is 13.3. The normalized spacial score (nSPS) is 13.4. The first kappa shape index (κ1) is 16.3. The molecule has 0 fully saturated rings. The molecule has 10 heteroatoms. The lowest BCUT2D eigenvalue weighted by molar-refractivity contribution is -0.138. The maximum Gasteiger partial charge on any atom is 0.408 e. The van der Waals surface area contributed by atoms with E-state index < -0.39 is 18.0 Å². The fourth-order valence-corrected chi connectivity index (χ4v) is 2.63. The number of hydrogen-bond donors (Lipinski definition) is 2. The van der Waals surface area contributed by atoms with Gasteiger partial charge in [-0.25, -0.2) is 14.4 Å². The molecule has 0 aliphatic carbocycles. The van der Waals surface area contributed by atoms with Crippen molar-refractivity contribution in [2.75, 3.05) is 5.32 Å². The highest BCUT2D eigenvalue weighted by molar-refractivity contribution is 5.93. The van der Waals surface area contributed by atoms with E-state index in [2.05, 4.69) is 25.3 Å². The number of aromatic amines is 1. The zero-order chi connectivity index (χ0) is 18.5. The summed E-state index contributed by atoms with van der Waals surface area (Å²) in [5, 5.41) is 2.78. The van der Waals surface area contributed by atoms with Gasteiger partial charge in [-0.05, 0) is 13.0 Å². The number of nitrogens with zero attached hydrogens (tertiary/aromatic N) is 4. The number of hydrogen-bond acceptors (Lipinski definition) is 4. The first-order valence-corrected chi connectivity index (χ1v) is 7.63. The number of imidazole rings is 1. The number of fused-ring (bicyclic) bond motifs is 2. The summed E-state index contributed by atoms with van der Waals surface area (Å²) < 4.78 is 53.6. The van der Waals surface area contributed by atoms with Crippen molar-refractivity contribution in [3.05, 3.63) is 42.9 Å². The zero-order valence-electron chi connectivity index (χ0n) is 13.3. The molecule has 134 valence electrons. The fourth-order valence-electron chi connectivity index (χ4n) is 2.63. The average Bonchev–Trinajstić information content (AvgIpc) is 3.20. The summed E-state index contributed by atoms with van der Waals surface area (Å²) in [6, 6.07) is -0.449. The number of anilines is 1. The van der Waals surface area contributed by atoms with Crippen LogP contribution in [0.15, 0.2) is 37.1 Å². The minimum absolute atomic E-state index is 0.146. The standard InChI is InChI=1S/C16H12F4N6/c1-8(16(18,19)20)24-15-23-6-11-10(5-22-13(11)25-15)9-4-12(17)14-21-2-3-26(14)7-9/h2-8H,1H3,(H2,22,23,24,25)/t8-/m0/s1. The number of aromatic nitrogens is 5. The average molecular weight is 364 g/mol. The summed E-state index contributed by atoms with van der Waals surface area (Å²) >= 11 is 0. The van der Waals surface area contributed by atoms with Crippen LogP contribution in [-0.2, 0) is 0 Å². The monoisotopic (exact) mass is 364 g/mol. The highest BCUT2D eigenvalue weighted by Crippen LogP contribution is 2.29. The van der Waals surface area contributed by atoms with E-state index in [9.17, 15) is 17.6 Å². The van der Waals surface area contributed by atoms with Crippen LogP contribution in [0.2, 0.25) is 0 Å². The molecule has 0 bridgehead atoms. The molecule has 0 saturated heterocycles. The van der Waals surface area contributed by atoms with Gasteiger partial charge in [-0.3, -0.25) is 0 Å². The molecule has 4 aromatic heterocycles. The van der Waals surface area contributed by atoms with Gasteiger partial charge in [-0.2, -0.15) is 18.2 Å². The van der Waals surface area contributed by atoms with Crippen LogP contribution in [0.3, 0.4) is 0 Å². The third kappa shape index (κ3) is 2.72. The Bertz CT molecular complexity index is 1100. The van der Waals surface area contributed by atoms with Gasteiger partial charge in [0.2, 0.25) is 5.95 Å². The van der Waals surface area contributed by atoms with E-state index in [0.29, 0.717) is 22.2 Å². The summed E-state index contributed by atoms with van der Waals surface area (Å²) in [5.74, 6) is -0.632. The maximum absolute atomic E-state index is 14.1. The lowest BCUT2D eigenvalue weighted by atomic mass is 10.1. The molecule has 6 nitrogen and oxygen atoms in total. The molecule has 2 N–H and O–H groups in total. The van der Waals surface area contributed by atoms with Gasteiger partial charge >= 0.3 is 6.18 Å². The van der Waals surface area contributed by atoms with Crippen molar-refractivity contribution in [2.45, 2.75) is 19.1 Å². The Hall–Kier alpha value is -3.17. The highest BCUT2D eigenvalue weighted by Gasteiger charge is 2.36. The van der Waals surface area contributed by atoms with Crippen LogP contribution < -0.4 is 5.32 Å². The molecule has 26 heavy (non-hydrogen) atoms. The Morgan fingerprint density at radius 2 is 2.08 bits per heavy atom. The van der Waals surface area contributed by atoms with Crippen LogP contribution in [-0.4, -0.2) is 36.6 Å². The minimum atomic E-state index is -4.41. The van der Waals surface area contributed by atoms with Gasteiger partial charge in [0.1, 0.15) is 11.7 Å². The second-order valence-corrected chi connectivity index (χ2v) is 5.80. The van der Waals surface area contributed by atoms with Crippen molar-refractivity contribution in [1.29, 1.82) is 0 Å². The van der Waals surface area contributed by atoms with Crippen LogP contribution in [0.1, 0.15) is 6.92 Å². The predicted molar refractivity (Wildman–Crippen MR) is 87.2 cm³/mol. The summed E-state index contributed by atoms with van der Waals surface area (Å²) in [6.45, 7) is 0.983. The number of alkyl halides is 3. The van der Waals surface area contributed by atoms with Crippen LogP contribution in [0.25, 0.3) is 27.8 Å². The van der Waals surface area contributed by atoms with Gasteiger partial charge in [0.05, 0.1) is 0 Å². The molecule has 0 aliphatic rings. The molecule has 0 saturated carbocycles. The van der Waals surface area contributed by atoms with Crippen molar-refractivity contribution >= 4 is 22.6 Å². The lowest BCUT2D eigenvalue weighted by Crippen LogP contribution is -2.33. The summed E-state index contributed by atoms with van der Waals surface area (Å²) in [6.07, 6.45) is 3.40. The summed E-state index contributed by atoms with van der Waals surface area (Å²) in [4.78, 5) is 14.8. The van der Waals surface area contributed by atoms with Crippen molar-refractivity contribution in [1.82, 2.24) is 24.3 Å². The van der Waals surface area contributed by atoms with Crippen molar-refractivity contribution in [3.8, 4) is 11.1 Å². The Balaban J connectivity index is 1.73. The largest absolute Gasteiger partial charge is 0.408 e. The maximum atomic E-state index is 14.1. The molecular weight excluding hydrogens is 352 g/mol. The smallest absolute Gasteiger partial charge is 0.345 e. The number of nitrogens with one attached hydrogen (secondary N) is 2. The van der Waals surface area contributed by atoms with Crippen molar-refractivity contribution in [3.63, 3.8) is 0 Å². The summed E-state index contributed by atoms with van der Waals surface area (Å²) in [7, 11) is 0. The van der Waals surface area contributed by atoms with E-state index in [1.165, 1.54) is 18.5 Å². The number of H-pyrrole nitrogens is 1. The molecule has 4 aromatic rings. The molecule has 0 aliphatic heterocycles. The van der Waals surface area contributed by atoms with Gasteiger partial charge in [0, 0.05) is 47.5 Å². The molecule has 4 rings (SSSR count). The molecule has 0 unspecified atom stereocenters. The Morgan fingerprint density at radius 3 is 2.85 bits per heavy atom. The van der Waals surface area contributed by atoms with Gasteiger partial charge in [-0.1, -0.05) is 0 Å². The van der Waals surface area contributed by atoms with Crippen LogP contribution in [0, 0.1) is 5.82 Å².